The summed E-state index contributed by atoms with van der Waals surface area (Å²) in [6.07, 6.45) is 5.11. The Morgan fingerprint density at radius 2 is 1.93 bits per heavy atom. The summed E-state index contributed by atoms with van der Waals surface area (Å²) in [6, 6.07) is 0. The van der Waals surface area contributed by atoms with Gasteiger partial charge in [-0.25, -0.2) is 9.97 Å². The highest BCUT2D eigenvalue weighted by Gasteiger charge is 2.51. The van der Waals surface area contributed by atoms with E-state index in [0.717, 1.165) is 30.5 Å². The van der Waals surface area contributed by atoms with Crippen molar-refractivity contribution in [3.05, 3.63) is 12.4 Å². The van der Waals surface area contributed by atoms with Gasteiger partial charge in [0.15, 0.2) is 11.3 Å². The van der Waals surface area contributed by atoms with Crippen LogP contribution in [0.1, 0.15) is 47.0 Å². The first-order valence-corrected chi connectivity index (χ1v) is 11.5. The van der Waals surface area contributed by atoms with Gasteiger partial charge in [-0.05, 0) is 52.9 Å². The van der Waals surface area contributed by atoms with Crippen molar-refractivity contribution in [2.24, 2.45) is 5.92 Å². The molecule has 30 heavy (non-hydrogen) atoms. The minimum absolute atomic E-state index is 0.378. The van der Waals surface area contributed by atoms with Gasteiger partial charge in [-0.3, -0.25) is 4.79 Å². The predicted molar refractivity (Wildman–Crippen MR) is 115 cm³/mol. The maximum atomic E-state index is 12.1. The summed E-state index contributed by atoms with van der Waals surface area (Å²) in [5.74, 6) is 0.854. The van der Waals surface area contributed by atoms with Crippen molar-refractivity contribution in [1.82, 2.24) is 14.9 Å². The van der Waals surface area contributed by atoms with Crippen molar-refractivity contribution in [3.63, 3.8) is 0 Å². The third kappa shape index (κ3) is 5.34. The number of aliphatic hydroxyl groups excluding tert-OH is 2. The third-order valence-corrected chi connectivity index (χ3v) is 7.13. The largest absolute Gasteiger partial charge is 0.498 e. The monoisotopic (exact) mass is 437 g/mol. The molecule has 0 spiro atoms. The number of amides is 1. The summed E-state index contributed by atoms with van der Waals surface area (Å²) in [4.78, 5) is 22.6. The first-order chi connectivity index (χ1) is 14.1. The number of hydrogen-bond donors (Lipinski definition) is 2. The standard InChI is InChI=1S/C20H32BN3O5S/c1-19(2)20(3,4)29-21(28-19)15-10-22-18(23-11-15)30-9-7-14-6-5-8-24(12-14)17(27)16(26)13-25/h10-11,14,16,25-26H,5-9,12-13H2,1-4H3/t14-,16+/m0/s1. The molecule has 2 aliphatic rings. The molecule has 3 heterocycles. The molecule has 1 aromatic heterocycles. The van der Waals surface area contributed by atoms with Gasteiger partial charge in [0.25, 0.3) is 5.91 Å². The summed E-state index contributed by atoms with van der Waals surface area (Å²) in [5, 5.41) is 19.3. The van der Waals surface area contributed by atoms with E-state index in [0.29, 0.717) is 24.2 Å². The number of carbonyl (C=O) groups excluding carboxylic acids is 1. The molecule has 2 N–H and O–H groups in total. The number of aliphatic hydroxyl groups is 2. The van der Waals surface area contributed by atoms with E-state index in [1.54, 1.807) is 29.1 Å². The number of piperidine rings is 1. The number of thioether (sulfide) groups is 1. The van der Waals surface area contributed by atoms with Crippen molar-refractivity contribution in [2.45, 2.75) is 69.4 Å². The van der Waals surface area contributed by atoms with Gasteiger partial charge >= 0.3 is 7.12 Å². The number of rotatable bonds is 7. The molecule has 2 fully saturated rings. The lowest BCUT2D eigenvalue weighted by molar-refractivity contribution is -0.144. The maximum Gasteiger partial charge on any atom is 0.498 e. The fourth-order valence-electron chi connectivity index (χ4n) is 3.61. The summed E-state index contributed by atoms with van der Waals surface area (Å²) in [7, 11) is -0.464. The molecule has 0 bridgehead atoms. The molecule has 8 nitrogen and oxygen atoms in total. The number of carbonyl (C=O) groups is 1. The Labute approximate surface area is 182 Å². The highest BCUT2D eigenvalue weighted by atomic mass is 32.2. The average molecular weight is 437 g/mol. The van der Waals surface area contributed by atoms with Gasteiger partial charge in [-0.15, -0.1) is 0 Å². The molecule has 3 rings (SSSR count). The van der Waals surface area contributed by atoms with E-state index >= 15 is 0 Å². The van der Waals surface area contributed by atoms with Crippen LogP contribution in [0.25, 0.3) is 0 Å². The molecule has 2 atom stereocenters. The van der Waals surface area contributed by atoms with Crippen LogP contribution in [0.2, 0.25) is 0 Å². The zero-order valence-corrected chi connectivity index (χ0v) is 19.0. The van der Waals surface area contributed by atoms with E-state index in [9.17, 15) is 9.90 Å². The molecule has 0 radical (unpaired) electrons. The highest BCUT2D eigenvalue weighted by molar-refractivity contribution is 7.99. The third-order valence-electron chi connectivity index (χ3n) is 6.22. The van der Waals surface area contributed by atoms with Crippen LogP contribution in [0.3, 0.4) is 0 Å². The van der Waals surface area contributed by atoms with E-state index in [2.05, 4.69) is 9.97 Å². The van der Waals surface area contributed by atoms with Crippen LogP contribution in [-0.2, 0) is 14.1 Å². The van der Waals surface area contributed by atoms with Crippen molar-refractivity contribution in [1.29, 1.82) is 0 Å². The van der Waals surface area contributed by atoms with E-state index in [-0.39, 0.29) is 5.91 Å². The second-order valence-electron chi connectivity index (χ2n) is 9.02. The lowest BCUT2D eigenvalue weighted by Gasteiger charge is -2.33. The van der Waals surface area contributed by atoms with Crippen LogP contribution in [-0.4, -0.2) is 80.9 Å². The molecule has 1 amide bonds. The number of likely N-dealkylation sites (tertiary alicyclic amines) is 1. The fourth-order valence-corrected chi connectivity index (χ4v) is 4.50. The molecular formula is C20H32BN3O5S. The molecule has 10 heteroatoms. The Morgan fingerprint density at radius 3 is 2.53 bits per heavy atom. The van der Waals surface area contributed by atoms with Gasteiger partial charge in [0.1, 0.15) is 0 Å². The molecule has 0 aliphatic carbocycles. The van der Waals surface area contributed by atoms with E-state index in [1.165, 1.54) is 0 Å². The summed E-state index contributed by atoms with van der Waals surface area (Å²) < 4.78 is 12.1. The Kier molecular flexibility index (Phi) is 7.45. The van der Waals surface area contributed by atoms with Gasteiger partial charge in [-0.1, -0.05) is 11.8 Å². The van der Waals surface area contributed by atoms with Crippen LogP contribution in [0, 0.1) is 5.92 Å². The molecular weight excluding hydrogens is 405 g/mol. The summed E-state index contributed by atoms with van der Waals surface area (Å²) in [5.41, 5.74) is 0.0168. The quantitative estimate of drug-likeness (QED) is 0.368. The SMILES string of the molecule is CC1(C)OB(c2cnc(SCC[C@@H]3CCCN(C(=O)[C@H](O)CO)C3)nc2)OC1(C)C. The first-order valence-electron chi connectivity index (χ1n) is 10.5. The second kappa shape index (κ2) is 9.52. The highest BCUT2D eigenvalue weighted by Crippen LogP contribution is 2.36. The lowest BCUT2D eigenvalue weighted by Crippen LogP contribution is -2.46. The van der Waals surface area contributed by atoms with Gasteiger partial charge in [0, 0.05) is 36.7 Å². The van der Waals surface area contributed by atoms with Gasteiger partial charge in [0.2, 0.25) is 0 Å². The zero-order chi connectivity index (χ0) is 21.9. The number of nitrogens with zero attached hydrogens (tertiary/aromatic N) is 3. The second-order valence-corrected chi connectivity index (χ2v) is 10.1. The van der Waals surface area contributed by atoms with Gasteiger partial charge in [-0.2, -0.15) is 0 Å². The Morgan fingerprint density at radius 1 is 1.30 bits per heavy atom. The average Bonchev–Trinajstić information content (AvgIpc) is 2.94. The molecule has 2 aliphatic heterocycles. The minimum Gasteiger partial charge on any atom is -0.399 e. The number of aromatic nitrogens is 2. The van der Waals surface area contributed by atoms with Crippen molar-refractivity contribution in [2.75, 3.05) is 25.4 Å². The zero-order valence-electron chi connectivity index (χ0n) is 18.2. The fraction of sp³-hybridized carbons (Fsp3) is 0.750. The summed E-state index contributed by atoms with van der Waals surface area (Å²) in [6.45, 7) is 8.80. The normalized spacial score (nSPS) is 24.1. The van der Waals surface area contributed by atoms with Crippen molar-refractivity contribution in [3.8, 4) is 0 Å². The first kappa shape index (κ1) is 23.5. The predicted octanol–water partition coefficient (Wildman–Crippen LogP) is 0.850. The molecule has 2 saturated heterocycles. The van der Waals surface area contributed by atoms with E-state index < -0.39 is 31.0 Å². The maximum absolute atomic E-state index is 12.1. The molecule has 166 valence electrons. The van der Waals surface area contributed by atoms with E-state index in [4.69, 9.17) is 14.4 Å². The van der Waals surface area contributed by atoms with Crippen LogP contribution in [0.15, 0.2) is 17.6 Å². The lowest BCUT2D eigenvalue weighted by atomic mass is 9.81. The number of hydrogen-bond acceptors (Lipinski definition) is 8. The van der Waals surface area contributed by atoms with Gasteiger partial charge < -0.3 is 24.4 Å². The minimum atomic E-state index is -1.31. The van der Waals surface area contributed by atoms with Crippen LogP contribution in [0.4, 0.5) is 0 Å². The van der Waals surface area contributed by atoms with Gasteiger partial charge in [0.05, 0.1) is 17.8 Å². The molecule has 1 aromatic rings. The summed E-state index contributed by atoms with van der Waals surface area (Å²) >= 11 is 1.59. The van der Waals surface area contributed by atoms with E-state index in [1.807, 2.05) is 27.7 Å². The molecule has 0 aromatic carbocycles. The Balaban J connectivity index is 1.46. The Hall–Kier alpha value is -1.20. The Bertz CT molecular complexity index is 718. The molecule has 0 unspecified atom stereocenters. The topological polar surface area (TPSA) is 105 Å². The van der Waals surface area contributed by atoms with Crippen LogP contribution < -0.4 is 5.46 Å². The van der Waals surface area contributed by atoms with Crippen LogP contribution in [0.5, 0.6) is 0 Å². The van der Waals surface area contributed by atoms with Crippen LogP contribution >= 0.6 is 11.8 Å². The smallest absolute Gasteiger partial charge is 0.399 e. The molecule has 0 saturated carbocycles. The van der Waals surface area contributed by atoms with Crippen molar-refractivity contribution >= 4 is 30.3 Å². The van der Waals surface area contributed by atoms with Crippen molar-refractivity contribution < 1.29 is 24.3 Å².